The second-order valence-electron chi connectivity index (χ2n) is 7.83. The first-order chi connectivity index (χ1) is 12.3. The van der Waals surface area contributed by atoms with Crippen molar-refractivity contribution in [1.29, 1.82) is 0 Å². The molecule has 3 heterocycles. The molecule has 3 aliphatic heterocycles. The average molecular weight is 362 g/mol. The van der Waals surface area contributed by atoms with E-state index >= 15 is 0 Å². The van der Waals surface area contributed by atoms with Crippen LogP contribution in [-0.2, 0) is 14.4 Å². The highest BCUT2D eigenvalue weighted by Gasteiger charge is 2.45. The lowest BCUT2D eigenvalue weighted by molar-refractivity contribution is -0.135. The predicted molar refractivity (Wildman–Crippen MR) is 94.0 cm³/mol. The van der Waals surface area contributed by atoms with Gasteiger partial charge < -0.3 is 15.1 Å². The Morgan fingerprint density at radius 1 is 1.23 bits per heavy atom. The molecule has 8 heteroatoms. The van der Waals surface area contributed by atoms with Gasteiger partial charge in [0.25, 0.3) is 5.91 Å². The van der Waals surface area contributed by atoms with Gasteiger partial charge in [-0.3, -0.25) is 19.7 Å². The van der Waals surface area contributed by atoms with Gasteiger partial charge in [0.1, 0.15) is 6.04 Å². The maximum absolute atomic E-state index is 12.4. The van der Waals surface area contributed by atoms with Gasteiger partial charge in [0.05, 0.1) is 6.42 Å². The van der Waals surface area contributed by atoms with Crippen LogP contribution >= 0.6 is 0 Å². The number of hydrogen-bond acceptors (Lipinski definition) is 4. The SMILES string of the molecule is CC(C)=CCN1CC2(CCN(C(=O)C[C@@H]3NC(=O)NC3=O)CC2)CC1=O. The summed E-state index contributed by atoms with van der Waals surface area (Å²) in [6, 6.07) is -1.33. The summed E-state index contributed by atoms with van der Waals surface area (Å²) in [5, 5.41) is 4.59. The maximum Gasteiger partial charge on any atom is 0.322 e. The van der Waals surface area contributed by atoms with E-state index in [1.165, 1.54) is 5.57 Å². The van der Waals surface area contributed by atoms with Gasteiger partial charge in [0, 0.05) is 38.0 Å². The van der Waals surface area contributed by atoms with Crippen molar-refractivity contribution >= 4 is 23.8 Å². The summed E-state index contributed by atoms with van der Waals surface area (Å²) in [6.45, 7) is 6.62. The number of carbonyl (C=O) groups is 4. The standard InChI is InChI=1S/C18H26N4O4/c1-12(2)3-6-22-11-18(10-15(22)24)4-7-21(8-5-18)14(23)9-13-16(25)20-17(26)19-13/h3,13H,4-11H2,1-2H3,(H2,19,20,25,26)/t13-/m0/s1. The molecule has 0 saturated carbocycles. The smallest absolute Gasteiger partial charge is 0.322 e. The van der Waals surface area contributed by atoms with E-state index in [1.54, 1.807) is 4.90 Å². The quantitative estimate of drug-likeness (QED) is 0.558. The molecular formula is C18H26N4O4. The zero-order valence-corrected chi connectivity index (χ0v) is 15.3. The molecule has 0 aromatic carbocycles. The number of nitrogens with one attached hydrogen (secondary N) is 2. The van der Waals surface area contributed by atoms with E-state index < -0.39 is 18.0 Å². The molecule has 0 aromatic rings. The molecule has 0 aromatic heterocycles. The number of piperidine rings is 1. The van der Waals surface area contributed by atoms with Gasteiger partial charge in [0.15, 0.2) is 0 Å². The second kappa shape index (κ2) is 7.09. The van der Waals surface area contributed by atoms with Crippen molar-refractivity contribution in [2.45, 2.75) is 45.6 Å². The second-order valence-corrected chi connectivity index (χ2v) is 7.83. The molecule has 3 rings (SSSR count). The molecule has 0 bridgehead atoms. The van der Waals surface area contributed by atoms with Crippen LogP contribution in [0.1, 0.15) is 39.5 Å². The van der Waals surface area contributed by atoms with Crippen molar-refractivity contribution in [2.75, 3.05) is 26.2 Å². The van der Waals surface area contributed by atoms with Crippen LogP contribution in [0.15, 0.2) is 11.6 Å². The van der Waals surface area contributed by atoms with Gasteiger partial charge in [0.2, 0.25) is 11.8 Å². The molecule has 3 saturated heterocycles. The molecule has 3 aliphatic rings. The summed E-state index contributed by atoms with van der Waals surface area (Å²) in [5.41, 5.74) is 1.16. The highest BCUT2D eigenvalue weighted by atomic mass is 16.2. The first-order valence-corrected chi connectivity index (χ1v) is 9.08. The van der Waals surface area contributed by atoms with Crippen LogP contribution in [0, 0.1) is 5.41 Å². The molecule has 5 amide bonds. The fourth-order valence-electron chi connectivity index (χ4n) is 3.91. The molecule has 3 fully saturated rings. The Balaban J connectivity index is 1.52. The van der Waals surface area contributed by atoms with Crippen molar-refractivity contribution in [3.8, 4) is 0 Å². The van der Waals surface area contributed by atoms with Crippen LogP contribution in [-0.4, -0.2) is 65.8 Å². The average Bonchev–Trinajstić information content (AvgIpc) is 3.05. The van der Waals surface area contributed by atoms with Crippen LogP contribution in [0.2, 0.25) is 0 Å². The predicted octanol–water partition coefficient (Wildman–Crippen LogP) is 0.392. The largest absolute Gasteiger partial charge is 0.343 e. The fraction of sp³-hybridized carbons (Fsp3) is 0.667. The molecular weight excluding hydrogens is 336 g/mol. The van der Waals surface area contributed by atoms with Gasteiger partial charge in [-0.2, -0.15) is 0 Å². The van der Waals surface area contributed by atoms with E-state index in [9.17, 15) is 19.2 Å². The number of hydrogen-bond donors (Lipinski definition) is 2. The zero-order valence-electron chi connectivity index (χ0n) is 15.3. The molecule has 0 aliphatic carbocycles. The van der Waals surface area contributed by atoms with Crippen LogP contribution in [0.4, 0.5) is 4.79 Å². The van der Waals surface area contributed by atoms with Crippen molar-refractivity contribution in [3.05, 3.63) is 11.6 Å². The molecule has 8 nitrogen and oxygen atoms in total. The molecule has 142 valence electrons. The number of urea groups is 1. The third-order valence-electron chi connectivity index (χ3n) is 5.54. The maximum atomic E-state index is 12.4. The fourth-order valence-corrected chi connectivity index (χ4v) is 3.91. The topological polar surface area (TPSA) is 98.8 Å². The van der Waals surface area contributed by atoms with E-state index in [4.69, 9.17) is 0 Å². The Bertz CT molecular complexity index is 660. The molecule has 0 unspecified atom stereocenters. The van der Waals surface area contributed by atoms with E-state index in [-0.39, 0.29) is 23.7 Å². The van der Waals surface area contributed by atoms with Crippen LogP contribution in [0.5, 0.6) is 0 Å². The number of imide groups is 1. The third-order valence-corrected chi connectivity index (χ3v) is 5.54. The summed E-state index contributed by atoms with van der Waals surface area (Å²) in [6.07, 6.45) is 4.18. The van der Waals surface area contributed by atoms with Gasteiger partial charge >= 0.3 is 6.03 Å². The molecule has 2 N–H and O–H groups in total. The molecule has 26 heavy (non-hydrogen) atoms. The Labute approximate surface area is 153 Å². The Hall–Kier alpha value is -2.38. The summed E-state index contributed by atoms with van der Waals surface area (Å²) in [5.74, 6) is -0.395. The Morgan fingerprint density at radius 2 is 1.92 bits per heavy atom. The van der Waals surface area contributed by atoms with Crippen molar-refractivity contribution in [2.24, 2.45) is 5.41 Å². The summed E-state index contributed by atoms with van der Waals surface area (Å²) in [4.78, 5) is 51.1. The van der Waals surface area contributed by atoms with E-state index in [1.807, 2.05) is 18.7 Å². The van der Waals surface area contributed by atoms with Crippen LogP contribution in [0.3, 0.4) is 0 Å². The normalized spacial score (nSPS) is 24.7. The van der Waals surface area contributed by atoms with Crippen molar-refractivity contribution in [1.82, 2.24) is 20.4 Å². The first kappa shape index (κ1) is 18.4. The van der Waals surface area contributed by atoms with Crippen molar-refractivity contribution < 1.29 is 19.2 Å². The minimum Gasteiger partial charge on any atom is -0.343 e. The lowest BCUT2D eigenvalue weighted by atomic mass is 9.77. The minimum atomic E-state index is -0.779. The zero-order chi connectivity index (χ0) is 18.9. The Morgan fingerprint density at radius 3 is 2.50 bits per heavy atom. The van der Waals surface area contributed by atoms with E-state index in [2.05, 4.69) is 16.7 Å². The number of allylic oxidation sites excluding steroid dienone is 1. The van der Waals surface area contributed by atoms with E-state index in [0.29, 0.717) is 26.1 Å². The highest BCUT2D eigenvalue weighted by Crippen LogP contribution is 2.41. The van der Waals surface area contributed by atoms with Crippen LogP contribution < -0.4 is 10.6 Å². The monoisotopic (exact) mass is 362 g/mol. The first-order valence-electron chi connectivity index (χ1n) is 9.08. The summed E-state index contributed by atoms with van der Waals surface area (Å²) in [7, 11) is 0. The van der Waals surface area contributed by atoms with Crippen LogP contribution in [0.25, 0.3) is 0 Å². The van der Waals surface area contributed by atoms with Gasteiger partial charge in [-0.1, -0.05) is 11.6 Å². The number of carbonyl (C=O) groups excluding carboxylic acids is 4. The number of amides is 5. The van der Waals surface area contributed by atoms with E-state index in [0.717, 1.165) is 19.4 Å². The minimum absolute atomic E-state index is 0.0177. The van der Waals surface area contributed by atoms with Gasteiger partial charge in [-0.25, -0.2) is 4.79 Å². The van der Waals surface area contributed by atoms with Gasteiger partial charge in [-0.05, 0) is 26.7 Å². The Kier molecular flexibility index (Phi) is 5.02. The summed E-state index contributed by atoms with van der Waals surface area (Å²) < 4.78 is 0. The summed E-state index contributed by atoms with van der Waals surface area (Å²) >= 11 is 0. The molecule has 0 radical (unpaired) electrons. The lowest BCUT2D eigenvalue weighted by Gasteiger charge is -2.39. The molecule has 1 spiro atoms. The number of rotatable bonds is 4. The third kappa shape index (κ3) is 3.89. The number of likely N-dealkylation sites (tertiary alicyclic amines) is 2. The number of nitrogens with zero attached hydrogens (tertiary/aromatic N) is 2. The molecule has 1 atom stereocenters. The lowest BCUT2D eigenvalue weighted by Crippen LogP contribution is -2.46. The van der Waals surface area contributed by atoms with Crippen molar-refractivity contribution in [3.63, 3.8) is 0 Å². The van der Waals surface area contributed by atoms with Gasteiger partial charge in [-0.15, -0.1) is 0 Å². The highest BCUT2D eigenvalue weighted by molar-refractivity contribution is 6.05.